The van der Waals surface area contributed by atoms with Crippen molar-refractivity contribution in [3.05, 3.63) is 17.5 Å². The normalized spacial score (nSPS) is 19.4. The first kappa shape index (κ1) is 14.5. The molecule has 110 valence electrons. The lowest BCUT2D eigenvalue weighted by Crippen LogP contribution is -2.56. The van der Waals surface area contributed by atoms with Crippen molar-refractivity contribution >= 4 is 11.9 Å². The molecule has 1 fully saturated rings. The van der Waals surface area contributed by atoms with Crippen LogP contribution >= 0.6 is 0 Å². The van der Waals surface area contributed by atoms with Crippen LogP contribution < -0.4 is 5.32 Å². The Balaban J connectivity index is 2.12. The van der Waals surface area contributed by atoms with Gasteiger partial charge in [0.2, 0.25) is 5.76 Å². The highest BCUT2D eigenvalue weighted by molar-refractivity contribution is 5.94. The van der Waals surface area contributed by atoms with Crippen molar-refractivity contribution in [2.24, 2.45) is 5.92 Å². The van der Waals surface area contributed by atoms with Gasteiger partial charge in [-0.1, -0.05) is 19.0 Å². The number of rotatable bonds is 4. The predicted octanol–water partition coefficient (Wildman–Crippen LogP) is 0.372. The van der Waals surface area contributed by atoms with Gasteiger partial charge in [0.05, 0.1) is 5.69 Å². The number of carboxylic acid groups (broad SMARTS) is 1. The Kier molecular flexibility index (Phi) is 4.39. The number of hydrogen-bond donors (Lipinski definition) is 2. The number of carboxylic acids is 1. The monoisotopic (exact) mass is 281 g/mol. The third-order valence-corrected chi connectivity index (χ3v) is 3.18. The van der Waals surface area contributed by atoms with Crippen molar-refractivity contribution in [1.29, 1.82) is 0 Å². The zero-order valence-electron chi connectivity index (χ0n) is 11.6. The third kappa shape index (κ3) is 3.16. The Labute approximate surface area is 116 Å². The van der Waals surface area contributed by atoms with E-state index in [0.29, 0.717) is 24.7 Å². The van der Waals surface area contributed by atoms with Gasteiger partial charge >= 0.3 is 5.97 Å². The van der Waals surface area contributed by atoms with Gasteiger partial charge in [-0.2, -0.15) is 0 Å². The molecule has 0 aliphatic carbocycles. The molecule has 1 aromatic rings. The standard InChI is InChI=1S/C13H19N3O4/c1-8(2)5-9-6-11(20-15-9)12(17)16-4-3-14-7-10(16)13(18)19/h6,8,10,14H,3-5,7H2,1-2H3,(H,18,19). The highest BCUT2D eigenvalue weighted by Crippen LogP contribution is 2.14. The van der Waals surface area contributed by atoms with Crippen LogP contribution in [0.15, 0.2) is 10.6 Å². The van der Waals surface area contributed by atoms with Gasteiger partial charge in [-0.25, -0.2) is 4.79 Å². The molecule has 0 radical (unpaired) electrons. The van der Waals surface area contributed by atoms with Crippen molar-refractivity contribution in [3.8, 4) is 0 Å². The summed E-state index contributed by atoms with van der Waals surface area (Å²) in [6.45, 7) is 5.26. The minimum absolute atomic E-state index is 0.105. The lowest BCUT2D eigenvalue weighted by molar-refractivity contribution is -0.142. The summed E-state index contributed by atoms with van der Waals surface area (Å²) in [5.41, 5.74) is 0.713. The van der Waals surface area contributed by atoms with Gasteiger partial charge < -0.3 is 19.8 Å². The van der Waals surface area contributed by atoms with Gasteiger partial charge in [0.1, 0.15) is 6.04 Å². The van der Waals surface area contributed by atoms with Crippen molar-refractivity contribution in [1.82, 2.24) is 15.4 Å². The van der Waals surface area contributed by atoms with E-state index in [4.69, 9.17) is 9.63 Å². The van der Waals surface area contributed by atoms with Crippen LogP contribution in [0.25, 0.3) is 0 Å². The first-order valence-electron chi connectivity index (χ1n) is 6.69. The number of nitrogens with zero attached hydrogens (tertiary/aromatic N) is 2. The number of nitrogens with one attached hydrogen (secondary N) is 1. The second-order valence-electron chi connectivity index (χ2n) is 5.34. The maximum atomic E-state index is 12.3. The fraction of sp³-hybridized carbons (Fsp3) is 0.615. The van der Waals surface area contributed by atoms with E-state index >= 15 is 0 Å². The van der Waals surface area contributed by atoms with E-state index in [1.807, 2.05) is 13.8 Å². The fourth-order valence-electron chi connectivity index (χ4n) is 2.24. The summed E-state index contributed by atoms with van der Waals surface area (Å²) >= 11 is 0. The van der Waals surface area contributed by atoms with Gasteiger partial charge in [-0.3, -0.25) is 4.79 Å². The van der Waals surface area contributed by atoms with Gasteiger partial charge in [0.25, 0.3) is 5.91 Å². The van der Waals surface area contributed by atoms with Gasteiger partial charge in [0, 0.05) is 25.7 Å². The number of carbonyl (C=O) groups excluding carboxylic acids is 1. The number of carbonyl (C=O) groups is 2. The predicted molar refractivity (Wildman–Crippen MR) is 70.4 cm³/mol. The molecule has 0 aromatic carbocycles. The summed E-state index contributed by atoms with van der Waals surface area (Å²) in [5, 5.41) is 16.0. The zero-order chi connectivity index (χ0) is 14.7. The van der Waals surface area contributed by atoms with Crippen LogP contribution in [0.5, 0.6) is 0 Å². The molecule has 1 aliphatic heterocycles. The Morgan fingerprint density at radius 2 is 2.35 bits per heavy atom. The van der Waals surface area contributed by atoms with E-state index in [-0.39, 0.29) is 12.3 Å². The average molecular weight is 281 g/mol. The van der Waals surface area contributed by atoms with Crippen molar-refractivity contribution in [2.75, 3.05) is 19.6 Å². The molecule has 1 aliphatic rings. The summed E-state index contributed by atoms with van der Waals surface area (Å²) in [6.07, 6.45) is 0.723. The molecule has 2 heterocycles. The zero-order valence-corrected chi connectivity index (χ0v) is 11.6. The molecule has 1 atom stereocenters. The summed E-state index contributed by atoms with van der Waals surface area (Å²) in [4.78, 5) is 24.8. The SMILES string of the molecule is CC(C)Cc1cc(C(=O)N2CCNCC2C(=O)O)on1. The molecule has 2 N–H and O–H groups in total. The minimum atomic E-state index is -1.02. The lowest BCUT2D eigenvalue weighted by atomic mass is 10.1. The Hall–Kier alpha value is -1.89. The van der Waals surface area contributed by atoms with Crippen LogP contribution in [0, 0.1) is 5.92 Å². The van der Waals surface area contributed by atoms with E-state index < -0.39 is 17.9 Å². The Morgan fingerprint density at radius 1 is 1.60 bits per heavy atom. The third-order valence-electron chi connectivity index (χ3n) is 3.18. The smallest absolute Gasteiger partial charge is 0.327 e. The first-order chi connectivity index (χ1) is 9.49. The average Bonchev–Trinajstić information content (AvgIpc) is 2.85. The summed E-state index contributed by atoms with van der Waals surface area (Å²) in [6, 6.07) is 0.735. The summed E-state index contributed by atoms with van der Waals surface area (Å²) < 4.78 is 5.05. The molecule has 1 saturated heterocycles. The second-order valence-corrected chi connectivity index (χ2v) is 5.34. The Morgan fingerprint density at radius 3 is 3.00 bits per heavy atom. The largest absolute Gasteiger partial charge is 0.480 e. The molecular weight excluding hydrogens is 262 g/mol. The highest BCUT2D eigenvalue weighted by Gasteiger charge is 2.34. The van der Waals surface area contributed by atoms with Crippen LogP contribution in [0.1, 0.15) is 30.1 Å². The Bertz CT molecular complexity index is 498. The number of amides is 1. The van der Waals surface area contributed by atoms with E-state index in [1.165, 1.54) is 4.90 Å². The molecule has 1 unspecified atom stereocenters. The first-order valence-corrected chi connectivity index (χ1v) is 6.69. The van der Waals surface area contributed by atoms with Crippen molar-refractivity contribution < 1.29 is 19.2 Å². The van der Waals surface area contributed by atoms with Crippen LogP contribution in [-0.4, -0.2) is 52.7 Å². The van der Waals surface area contributed by atoms with Crippen LogP contribution in [0.4, 0.5) is 0 Å². The number of aliphatic carboxylic acids is 1. The van der Waals surface area contributed by atoms with Gasteiger partial charge in [-0.15, -0.1) is 0 Å². The van der Waals surface area contributed by atoms with E-state index in [2.05, 4.69) is 10.5 Å². The van der Waals surface area contributed by atoms with Crippen molar-refractivity contribution in [2.45, 2.75) is 26.3 Å². The second kappa shape index (κ2) is 6.04. The topological polar surface area (TPSA) is 95.7 Å². The highest BCUT2D eigenvalue weighted by atomic mass is 16.5. The van der Waals surface area contributed by atoms with Crippen LogP contribution in [0.3, 0.4) is 0 Å². The maximum Gasteiger partial charge on any atom is 0.327 e. The molecule has 2 rings (SSSR count). The van der Waals surface area contributed by atoms with E-state index in [1.54, 1.807) is 6.07 Å². The molecule has 20 heavy (non-hydrogen) atoms. The number of aromatic nitrogens is 1. The molecule has 7 nitrogen and oxygen atoms in total. The van der Waals surface area contributed by atoms with Crippen molar-refractivity contribution in [3.63, 3.8) is 0 Å². The molecule has 0 spiro atoms. The maximum absolute atomic E-state index is 12.3. The molecule has 1 aromatic heterocycles. The number of piperazine rings is 1. The molecule has 1 amide bonds. The summed E-state index contributed by atoms with van der Waals surface area (Å²) in [7, 11) is 0. The molecular formula is C13H19N3O4. The fourth-order valence-corrected chi connectivity index (χ4v) is 2.24. The van der Waals surface area contributed by atoms with Crippen LogP contribution in [0.2, 0.25) is 0 Å². The van der Waals surface area contributed by atoms with E-state index in [0.717, 1.165) is 6.42 Å². The quantitative estimate of drug-likeness (QED) is 0.828. The molecule has 7 heteroatoms. The van der Waals surface area contributed by atoms with E-state index in [9.17, 15) is 9.59 Å². The van der Waals surface area contributed by atoms with Crippen LogP contribution in [-0.2, 0) is 11.2 Å². The molecule has 0 bridgehead atoms. The van der Waals surface area contributed by atoms with Gasteiger partial charge in [0.15, 0.2) is 0 Å². The lowest BCUT2D eigenvalue weighted by Gasteiger charge is -2.32. The molecule has 0 saturated carbocycles. The number of hydrogen-bond acceptors (Lipinski definition) is 5. The summed E-state index contributed by atoms with van der Waals surface area (Å²) in [5.74, 6) is -0.920. The minimum Gasteiger partial charge on any atom is -0.480 e. The van der Waals surface area contributed by atoms with Gasteiger partial charge in [-0.05, 0) is 12.3 Å².